The summed E-state index contributed by atoms with van der Waals surface area (Å²) in [6.07, 6.45) is 4.89. The van der Waals surface area contributed by atoms with Crippen molar-refractivity contribution in [2.45, 2.75) is 38.7 Å². The minimum absolute atomic E-state index is 0.322. The fourth-order valence-electron chi connectivity index (χ4n) is 2.20. The van der Waals surface area contributed by atoms with Crippen LogP contribution >= 0.6 is 0 Å². The van der Waals surface area contributed by atoms with E-state index in [1.807, 2.05) is 36.4 Å². The molecule has 0 amide bonds. The maximum absolute atomic E-state index is 5.94. The number of hydrogen-bond acceptors (Lipinski definition) is 4. The fraction of sp³-hybridized carbons (Fsp3) is 0.412. The van der Waals surface area contributed by atoms with Gasteiger partial charge in [-0.25, -0.2) is 4.98 Å². The van der Waals surface area contributed by atoms with Gasteiger partial charge in [0.25, 0.3) is 0 Å². The predicted molar refractivity (Wildman–Crippen MR) is 84.5 cm³/mol. The monoisotopic (exact) mass is 283 g/mol. The zero-order valence-corrected chi connectivity index (χ0v) is 12.4. The summed E-state index contributed by atoms with van der Waals surface area (Å²) in [7, 11) is 0. The van der Waals surface area contributed by atoms with Gasteiger partial charge in [-0.2, -0.15) is 4.98 Å². The van der Waals surface area contributed by atoms with Gasteiger partial charge in [0.05, 0.1) is 0 Å². The van der Waals surface area contributed by atoms with E-state index < -0.39 is 0 Å². The molecule has 1 aromatic heterocycles. The van der Waals surface area contributed by atoms with E-state index in [1.54, 1.807) is 0 Å². The zero-order valence-electron chi connectivity index (χ0n) is 12.4. The number of ether oxygens (including phenoxy) is 1. The molecule has 1 N–H and O–H groups in total. The Balaban J connectivity index is 1.88. The van der Waals surface area contributed by atoms with Gasteiger partial charge in [-0.15, -0.1) is 0 Å². The third-order valence-corrected chi connectivity index (χ3v) is 3.63. The molecule has 1 fully saturated rings. The Morgan fingerprint density at radius 1 is 1.19 bits per heavy atom. The molecule has 0 unspecified atom stereocenters. The van der Waals surface area contributed by atoms with Crippen LogP contribution < -0.4 is 10.1 Å². The first-order chi connectivity index (χ1) is 10.3. The Labute approximate surface area is 125 Å². The van der Waals surface area contributed by atoms with Crippen LogP contribution in [0.25, 0.3) is 11.4 Å². The lowest BCUT2D eigenvalue weighted by atomic mass is 9.96. The zero-order chi connectivity index (χ0) is 14.5. The Morgan fingerprint density at radius 2 is 2.00 bits per heavy atom. The Morgan fingerprint density at radius 3 is 2.67 bits per heavy atom. The van der Waals surface area contributed by atoms with Gasteiger partial charge in [-0.05, 0) is 25.7 Å². The number of hydrogen-bond donors (Lipinski definition) is 1. The summed E-state index contributed by atoms with van der Waals surface area (Å²) in [5, 5.41) is 3.32. The summed E-state index contributed by atoms with van der Waals surface area (Å²) in [5.74, 6) is 2.22. The quantitative estimate of drug-likeness (QED) is 0.873. The Kier molecular flexibility index (Phi) is 4.34. The summed E-state index contributed by atoms with van der Waals surface area (Å²) in [4.78, 5) is 9.15. The highest BCUT2D eigenvalue weighted by Gasteiger charge is 2.20. The first kappa shape index (κ1) is 13.9. The van der Waals surface area contributed by atoms with Crippen molar-refractivity contribution in [1.29, 1.82) is 0 Å². The average molecular weight is 283 g/mol. The molecule has 21 heavy (non-hydrogen) atoms. The summed E-state index contributed by atoms with van der Waals surface area (Å²) < 4.78 is 5.94. The van der Waals surface area contributed by atoms with Crippen molar-refractivity contribution in [2.24, 2.45) is 0 Å². The third-order valence-electron chi connectivity index (χ3n) is 3.63. The standard InChI is InChI=1S/C17H21N3O/c1-2-11-18-15-12-16(21-14-9-6-10-14)20-17(19-15)13-7-4-3-5-8-13/h3-5,7-8,12,14H,2,6,9-11H2,1H3,(H,18,19,20). The highest BCUT2D eigenvalue weighted by molar-refractivity contribution is 5.58. The van der Waals surface area contributed by atoms with Gasteiger partial charge in [0.1, 0.15) is 11.9 Å². The number of anilines is 1. The molecule has 0 radical (unpaired) electrons. The number of benzene rings is 1. The van der Waals surface area contributed by atoms with Crippen LogP contribution in [-0.2, 0) is 0 Å². The topological polar surface area (TPSA) is 47.0 Å². The van der Waals surface area contributed by atoms with Crippen molar-refractivity contribution in [3.05, 3.63) is 36.4 Å². The van der Waals surface area contributed by atoms with Crippen LogP contribution in [0, 0.1) is 0 Å². The lowest BCUT2D eigenvalue weighted by Crippen LogP contribution is -2.25. The molecule has 1 aliphatic carbocycles. The van der Waals surface area contributed by atoms with Crippen molar-refractivity contribution in [3.63, 3.8) is 0 Å². The van der Waals surface area contributed by atoms with Crippen molar-refractivity contribution >= 4 is 5.82 Å². The molecule has 0 atom stereocenters. The predicted octanol–water partition coefficient (Wildman–Crippen LogP) is 3.90. The molecule has 110 valence electrons. The molecule has 1 saturated carbocycles. The van der Waals surface area contributed by atoms with E-state index in [2.05, 4.69) is 22.2 Å². The van der Waals surface area contributed by atoms with E-state index >= 15 is 0 Å². The second kappa shape index (κ2) is 6.57. The van der Waals surface area contributed by atoms with Crippen LogP contribution in [0.1, 0.15) is 32.6 Å². The highest BCUT2D eigenvalue weighted by Crippen LogP contribution is 2.27. The summed E-state index contributed by atoms with van der Waals surface area (Å²) in [6, 6.07) is 11.9. The number of nitrogens with zero attached hydrogens (tertiary/aromatic N) is 2. The second-order valence-corrected chi connectivity index (χ2v) is 5.38. The lowest BCUT2D eigenvalue weighted by molar-refractivity contribution is 0.115. The average Bonchev–Trinajstić information content (AvgIpc) is 2.50. The number of rotatable bonds is 6. The molecular weight excluding hydrogens is 262 g/mol. The van der Waals surface area contributed by atoms with Gasteiger partial charge in [-0.3, -0.25) is 0 Å². The van der Waals surface area contributed by atoms with Crippen LogP contribution in [0.15, 0.2) is 36.4 Å². The van der Waals surface area contributed by atoms with Crippen molar-refractivity contribution in [2.75, 3.05) is 11.9 Å². The van der Waals surface area contributed by atoms with Gasteiger partial charge in [0, 0.05) is 18.2 Å². The van der Waals surface area contributed by atoms with E-state index in [0.29, 0.717) is 17.8 Å². The number of aromatic nitrogens is 2. The van der Waals surface area contributed by atoms with Crippen molar-refractivity contribution < 1.29 is 4.74 Å². The number of nitrogens with one attached hydrogen (secondary N) is 1. The van der Waals surface area contributed by atoms with Gasteiger partial charge >= 0.3 is 0 Å². The minimum Gasteiger partial charge on any atom is -0.474 e. The molecule has 0 saturated heterocycles. The summed E-state index contributed by atoms with van der Waals surface area (Å²) >= 11 is 0. The van der Waals surface area contributed by atoms with Crippen molar-refractivity contribution in [3.8, 4) is 17.3 Å². The largest absolute Gasteiger partial charge is 0.474 e. The van der Waals surface area contributed by atoms with E-state index in [4.69, 9.17) is 4.74 Å². The maximum Gasteiger partial charge on any atom is 0.219 e. The molecule has 3 rings (SSSR count). The van der Waals surface area contributed by atoms with E-state index in [9.17, 15) is 0 Å². The van der Waals surface area contributed by atoms with Crippen LogP contribution in [-0.4, -0.2) is 22.6 Å². The second-order valence-electron chi connectivity index (χ2n) is 5.38. The normalized spacial score (nSPS) is 14.5. The SMILES string of the molecule is CCCNc1cc(OC2CCC2)nc(-c2ccccc2)n1. The van der Waals surface area contributed by atoms with Gasteiger partial charge < -0.3 is 10.1 Å². The summed E-state index contributed by atoms with van der Waals surface area (Å²) in [6.45, 7) is 3.03. The van der Waals surface area contributed by atoms with Crippen LogP contribution in [0.4, 0.5) is 5.82 Å². The summed E-state index contributed by atoms with van der Waals surface area (Å²) in [5.41, 5.74) is 1.01. The van der Waals surface area contributed by atoms with E-state index in [0.717, 1.165) is 37.2 Å². The fourth-order valence-corrected chi connectivity index (χ4v) is 2.20. The first-order valence-electron chi connectivity index (χ1n) is 7.70. The molecule has 1 aliphatic rings. The Hall–Kier alpha value is -2.10. The molecule has 2 aromatic rings. The third kappa shape index (κ3) is 3.51. The maximum atomic E-state index is 5.94. The Bertz CT molecular complexity index is 582. The van der Waals surface area contributed by atoms with Crippen LogP contribution in [0.5, 0.6) is 5.88 Å². The first-order valence-corrected chi connectivity index (χ1v) is 7.70. The molecule has 1 heterocycles. The van der Waals surface area contributed by atoms with Gasteiger partial charge in [0.15, 0.2) is 5.82 Å². The highest BCUT2D eigenvalue weighted by atomic mass is 16.5. The molecule has 4 heteroatoms. The minimum atomic E-state index is 0.322. The lowest BCUT2D eigenvalue weighted by Gasteiger charge is -2.26. The van der Waals surface area contributed by atoms with Crippen LogP contribution in [0.2, 0.25) is 0 Å². The van der Waals surface area contributed by atoms with Crippen LogP contribution in [0.3, 0.4) is 0 Å². The molecule has 4 nitrogen and oxygen atoms in total. The smallest absolute Gasteiger partial charge is 0.219 e. The van der Waals surface area contributed by atoms with E-state index in [-0.39, 0.29) is 0 Å². The molecule has 0 spiro atoms. The van der Waals surface area contributed by atoms with Crippen molar-refractivity contribution in [1.82, 2.24) is 9.97 Å². The van der Waals surface area contributed by atoms with E-state index in [1.165, 1.54) is 6.42 Å². The molecular formula is C17H21N3O. The molecule has 1 aromatic carbocycles. The van der Waals surface area contributed by atoms with Gasteiger partial charge in [-0.1, -0.05) is 37.3 Å². The molecule has 0 bridgehead atoms. The molecule has 0 aliphatic heterocycles. The van der Waals surface area contributed by atoms with Gasteiger partial charge in [0.2, 0.25) is 5.88 Å².